The highest BCUT2D eigenvalue weighted by atomic mass is 32.2. The highest BCUT2D eigenvalue weighted by Gasteiger charge is 2.32. The van der Waals surface area contributed by atoms with Gasteiger partial charge in [0.05, 0.1) is 5.75 Å². The number of hydrogen-bond acceptors (Lipinski definition) is 6. The smallest absolute Gasteiger partial charge is 0.422 e. The third-order valence-electron chi connectivity index (χ3n) is 2.66. The summed E-state index contributed by atoms with van der Waals surface area (Å²) in [5, 5.41) is 1.66. The van der Waals surface area contributed by atoms with Crippen LogP contribution in [0.25, 0.3) is 0 Å². The molecule has 0 atom stereocenters. The van der Waals surface area contributed by atoms with Gasteiger partial charge in [0.2, 0.25) is 0 Å². The van der Waals surface area contributed by atoms with Crippen molar-refractivity contribution in [2.75, 3.05) is 17.7 Å². The number of sulfone groups is 1. The van der Waals surface area contributed by atoms with Gasteiger partial charge in [0.25, 0.3) is 6.01 Å². The van der Waals surface area contributed by atoms with Crippen LogP contribution in [0.2, 0.25) is 0 Å². The van der Waals surface area contributed by atoms with Gasteiger partial charge in [-0.15, -0.1) is 0 Å². The largest absolute Gasteiger partial charge is 0.455 e. The average molecular weight is 387 g/mol. The third kappa shape index (κ3) is 6.11. The van der Waals surface area contributed by atoms with E-state index < -0.39 is 51.2 Å². The number of nitrogens with zero attached hydrogens (tertiary/aromatic N) is 2. The number of rotatable bonds is 5. The van der Waals surface area contributed by atoms with Crippen molar-refractivity contribution >= 4 is 21.7 Å². The molecule has 8 nitrogen and oxygen atoms in total. The molecule has 1 aromatic rings. The Bertz CT molecular complexity index is 735. The molecule has 0 aromatic carbocycles. The van der Waals surface area contributed by atoms with Gasteiger partial charge in [-0.1, -0.05) is 6.92 Å². The number of anilines is 1. The summed E-state index contributed by atoms with van der Waals surface area (Å²) in [5.74, 6) is -0.815. The minimum atomic E-state index is -4.63. The zero-order valence-electron chi connectivity index (χ0n) is 14.4. The van der Waals surface area contributed by atoms with Crippen molar-refractivity contribution in [3.63, 3.8) is 0 Å². The third-order valence-corrected chi connectivity index (χ3v) is 4.48. The highest BCUT2D eigenvalue weighted by molar-refractivity contribution is 7.91. The van der Waals surface area contributed by atoms with Crippen molar-refractivity contribution < 1.29 is 35.9 Å². The monoisotopic (exact) mass is 387 g/mol. The van der Waals surface area contributed by atoms with E-state index in [9.17, 15) is 26.4 Å². The summed E-state index contributed by atoms with van der Waals surface area (Å²) in [6, 6.07) is -0.601. The first-order chi connectivity index (χ1) is 11.2. The van der Waals surface area contributed by atoms with Gasteiger partial charge in [0, 0.05) is 7.05 Å². The molecule has 25 heavy (non-hydrogen) atoms. The second kappa shape index (κ2) is 7.10. The highest BCUT2D eigenvalue weighted by Crippen LogP contribution is 2.28. The molecule has 1 amide bonds. The van der Waals surface area contributed by atoms with Crippen LogP contribution in [-0.2, 0) is 21.6 Å². The molecule has 144 valence electrons. The molecule has 0 aliphatic carbocycles. The molecule has 0 saturated carbocycles. The topological polar surface area (TPSA) is 99.5 Å². The normalized spacial score (nSPS) is 12.8. The number of aromatic nitrogens is 2. The summed E-state index contributed by atoms with van der Waals surface area (Å²) in [7, 11) is -2.74. The number of hydrogen-bond donors (Lipinski definition) is 1. The van der Waals surface area contributed by atoms with Crippen LogP contribution in [0.5, 0.6) is 6.01 Å². The Morgan fingerprint density at radius 3 is 2.28 bits per heavy atom. The van der Waals surface area contributed by atoms with Gasteiger partial charge in [-0.3, -0.25) is 9.88 Å². The van der Waals surface area contributed by atoms with Crippen molar-refractivity contribution in [2.45, 2.75) is 44.5 Å². The first-order valence-electron chi connectivity index (χ1n) is 7.15. The summed E-state index contributed by atoms with van der Waals surface area (Å²) in [4.78, 5) is 15.5. The van der Waals surface area contributed by atoms with E-state index in [2.05, 4.69) is 15.0 Å². The maximum atomic E-state index is 12.3. The Balaban J connectivity index is 3.24. The van der Waals surface area contributed by atoms with Gasteiger partial charge in [-0.25, -0.2) is 13.2 Å². The Kier molecular flexibility index (Phi) is 5.98. The van der Waals surface area contributed by atoms with Crippen LogP contribution in [0.1, 0.15) is 27.7 Å². The van der Waals surface area contributed by atoms with Crippen LogP contribution >= 0.6 is 0 Å². The molecule has 1 heterocycles. The standard InChI is InChI=1S/C13H20F3N3O5S/c1-6-25(21,22)9-8(18-11(20)24-12(2,3)4)17-10(19(9)5)23-7-13(14,15)16/h6-7H2,1-5H3,(H,18,20). The summed E-state index contributed by atoms with van der Waals surface area (Å²) < 4.78 is 71.6. The molecule has 0 radical (unpaired) electrons. The zero-order valence-corrected chi connectivity index (χ0v) is 15.2. The number of amides is 1. The Hall–Kier alpha value is -1.98. The quantitative estimate of drug-likeness (QED) is 0.833. The summed E-state index contributed by atoms with van der Waals surface area (Å²) >= 11 is 0. The van der Waals surface area contributed by atoms with Crippen molar-refractivity contribution in [1.29, 1.82) is 0 Å². The Morgan fingerprint density at radius 2 is 1.84 bits per heavy atom. The van der Waals surface area contributed by atoms with Crippen molar-refractivity contribution in [3.05, 3.63) is 0 Å². The maximum absolute atomic E-state index is 12.3. The molecule has 0 spiro atoms. The van der Waals surface area contributed by atoms with Crippen molar-refractivity contribution in [1.82, 2.24) is 9.55 Å². The number of carbonyl (C=O) groups is 1. The number of carbonyl (C=O) groups excluding carboxylic acids is 1. The number of alkyl halides is 3. The van der Waals surface area contributed by atoms with Crippen LogP contribution in [0.4, 0.5) is 23.8 Å². The molecule has 12 heteroatoms. The molecular weight excluding hydrogens is 367 g/mol. The molecule has 0 fully saturated rings. The lowest BCUT2D eigenvalue weighted by atomic mass is 10.2. The van der Waals surface area contributed by atoms with E-state index in [1.165, 1.54) is 14.0 Å². The molecular formula is C13H20F3N3O5S. The van der Waals surface area contributed by atoms with Crippen LogP contribution in [0, 0.1) is 0 Å². The second-order valence-electron chi connectivity index (χ2n) is 6.04. The first kappa shape index (κ1) is 21.1. The minimum Gasteiger partial charge on any atom is -0.455 e. The van der Waals surface area contributed by atoms with Crippen molar-refractivity contribution in [2.24, 2.45) is 7.05 Å². The predicted octanol–water partition coefficient (Wildman–Crippen LogP) is 2.50. The zero-order chi connectivity index (χ0) is 19.6. The van der Waals surface area contributed by atoms with E-state index in [-0.39, 0.29) is 5.75 Å². The van der Waals surface area contributed by atoms with Crippen LogP contribution in [0.15, 0.2) is 5.03 Å². The molecule has 1 aromatic heterocycles. The van der Waals surface area contributed by atoms with Crippen LogP contribution < -0.4 is 10.1 Å². The fourth-order valence-electron chi connectivity index (χ4n) is 1.71. The van der Waals surface area contributed by atoms with Gasteiger partial charge in [0.15, 0.2) is 27.3 Å². The number of imidazole rings is 1. The molecule has 1 rings (SSSR count). The van der Waals surface area contributed by atoms with E-state index in [0.29, 0.717) is 0 Å². The fourth-order valence-corrected chi connectivity index (χ4v) is 2.87. The Morgan fingerprint density at radius 1 is 1.28 bits per heavy atom. The number of ether oxygens (including phenoxy) is 2. The van der Waals surface area contributed by atoms with Gasteiger partial charge >= 0.3 is 12.3 Å². The second-order valence-corrected chi connectivity index (χ2v) is 8.23. The molecule has 0 bridgehead atoms. The average Bonchev–Trinajstić information content (AvgIpc) is 2.70. The molecule has 0 unspecified atom stereocenters. The van der Waals surface area contributed by atoms with Gasteiger partial charge in [-0.05, 0) is 20.8 Å². The lowest BCUT2D eigenvalue weighted by molar-refractivity contribution is -0.155. The predicted molar refractivity (Wildman–Crippen MR) is 82.3 cm³/mol. The fraction of sp³-hybridized carbons (Fsp3) is 0.692. The van der Waals surface area contributed by atoms with E-state index >= 15 is 0 Å². The summed E-state index contributed by atoms with van der Waals surface area (Å²) in [5.41, 5.74) is -0.863. The van der Waals surface area contributed by atoms with E-state index in [0.717, 1.165) is 4.57 Å². The molecule has 0 aliphatic rings. The number of nitrogens with one attached hydrogen (secondary N) is 1. The summed E-state index contributed by atoms with van der Waals surface area (Å²) in [6.45, 7) is 4.46. The van der Waals surface area contributed by atoms with Gasteiger partial charge in [-0.2, -0.15) is 18.2 Å². The van der Waals surface area contributed by atoms with Gasteiger partial charge in [0.1, 0.15) is 5.60 Å². The van der Waals surface area contributed by atoms with Gasteiger partial charge < -0.3 is 9.47 Å². The van der Waals surface area contributed by atoms with Crippen molar-refractivity contribution in [3.8, 4) is 6.01 Å². The first-order valence-corrected chi connectivity index (χ1v) is 8.80. The maximum Gasteiger partial charge on any atom is 0.422 e. The van der Waals surface area contributed by atoms with E-state index in [4.69, 9.17) is 4.74 Å². The molecule has 1 N–H and O–H groups in total. The summed E-state index contributed by atoms with van der Waals surface area (Å²) in [6.07, 6.45) is -5.63. The van der Waals surface area contributed by atoms with E-state index in [1.807, 2.05) is 0 Å². The lowest BCUT2D eigenvalue weighted by Gasteiger charge is -2.19. The Labute approximate surface area is 143 Å². The lowest BCUT2D eigenvalue weighted by Crippen LogP contribution is -2.28. The van der Waals surface area contributed by atoms with Crippen LogP contribution in [0.3, 0.4) is 0 Å². The molecule has 0 aliphatic heterocycles. The minimum absolute atomic E-state index is 0.353. The number of halogens is 3. The molecule has 0 saturated heterocycles. The SMILES string of the molecule is CCS(=O)(=O)c1c(NC(=O)OC(C)(C)C)nc(OCC(F)(F)F)n1C. The van der Waals surface area contributed by atoms with Crippen LogP contribution in [-0.4, -0.2) is 48.2 Å². The van der Waals surface area contributed by atoms with E-state index in [1.54, 1.807) is 20.8 Å².